The summed E-state index contributed by atoms with van der Waals surface area (Å²) in [7, 11) is 0. The van der Waals surface area contributed by atoms with E-state index < -0.39 is 11.7 Å². The fraction of sp³-hybridized carbons (Fsp3) is 0.529. The van der Waals surface area contributed by atoms with Crippen LogP contribution in [0, 0.1) is 13.8 Å². The summed E-state index contributed by atoms with van der Waals surface area (Å²) in [5, 5.41) is 5.58. The number of anilines is 1. The quantitative estimate of drug-likeness (QED) is 0.779. The van der Waals surface area contributed by atoms with E-state index in [4.69, 9.17) is 4.74 Å². The smallest absolute Gasteiger partial charge is 0.407 e. The number of nitrogens with one attached hydrogen (secondary N) is 2. The van der Waals surface area contributed by atoms with Gasteiger partial charge in [-0.3, -0.25) is 4.79 Å². The summed E-state index contributed by atoms with van der Waals surface area (Å²) < 4.78 is 5.13. The molecule has 0 unspecified atom stereocenters. The molecule has 0 radical (unpaired) electrons. The molecule has 1 aromatic carbocycles. The molecular formula is C17H26N2O3S. The van der Waals surface area contributed by atoms with Gasteiger partial charge in [0.25, 0.3) is 0 Å². The molecule has 5 nitrogen and oxygen atoms in total. The molecule has 0 saturated carbocycles. The van der Waals surface area contributed by atoms with Gasteiger partial charge < -0.3 is 15.4 Å². The minimum Gasteiger partial charge on any atom is -0.444 e. The van der Waals surface area contributed by atoms with Crippen LogP contribution < -0.4 is 10.6 Å². The van der Waals surface area contributed by atoms with E-state index in [1.165, 1.54) is 11.8 Å². The highest BCUT2D eigenvalue weighted by atomic mass is 32.2. The minimum absolute atomic E-state index is 0.0408. The lowest BCUT2D eigenvalue weighted by Crippen LogP contribution is -2.33. The Bertz CT molecular complexity index is 553. The van der Waals surface area contributed by atoms with Crippen molar-refractivity contribution in [3.05, 3.63) is 29.3 Å². The molecule has 128 valence electrons. The Morgan fingerprint density at radius 2 is 1.91 bits per heavy atom. The third kappa shape index (κ3) is 8.50. The lowest BCUT2D eigenvalue weighted by Gasteiger charge is -2.19. The van der Waals surface area contributed by atoms with E-state index in [9.17, 15) is 9.59 Å². The number of carbonyl (C=O) groups is 2. The summed E-state index contributed by atoms with van der Waals surface area (Å²) in [4.78, 5) is 23.4. The SMILES string of the molecule is Cc1ccc(C)c(NC(=O)CSCCNC(=O)OC(C)(C)C)c1. The first-order valence-corrected chi connectivity index (χ1v) is 8.74. The van der Waals surface area contributed by atoms with Gasteiger partial charge in [0.15, 0.2) is 0 Å². The van der Waals surface area contributed by atoms with Gasteiger partial charge in [-0.05, 0) is 51.8 Å². The zero-order valence-corrected chi connectivity index (χ0v) is 15.3. The number of rotatable bonds is 6. The van der Waals surface area contributed by atoms with Crippen LogP contribution in [0.15, 0.2) is 18.2 Å². The van der Waals surface area contributed by atoms with Crippen molar-refractivity contribution in [3.8, 4) is 0 Å². The lowest BCUT2D eigenvalue weighted by molar-refractivity contribution is -0.113. The van der Waals surface area contributed by atoms with Crippen LogP contribution in [0.3, 0.4) is 0 Å². The summed E-state index contributed by atoms with van der Waals surface area (Å²) >= 11 is 1.47. The molecule has 0 saturated heterocycles. The van der Waals surface area contributed by atoms with Crippen LogP contribution >= 0.6 is 11.8 Å². The van der Waals surface area contributed by atoms with Gasteiger partial charge in [-0.2, -0.15) is 11.8 Å². The molecule has 0 bridgehead atoms. The number of hydrogen-bond donors (Lipinski definition) is 2. The topological polar surface area (TPSA) is 67.4 Å². The minimum atomic E-state index is -0.497. The summed E-state index contributed by atoms with van der Waals surface area (Å²) in [6.07, 6.45) is -0.432. The Labute approximate surface area is 142 Å². The Morgan fingerprint density at radius 1 is 1.22 bits per heavy atom. The standard InChI is InChI=1S/C17H26N2O3S/c1-12-6-7-13(2)14(10-12)19-15(20)11-23-9-8-18-16(21)22-17(3,4)5/h6-7,10H,8-9,11H2,1-5H3,(H,18,21)(H,19,20). The Kier molecular flexibility index (Phi) is 7.42. The van der Waals surface area contributed by atoms with Crippen molar-refractivity contribution in [1.82, 2.24) is 5.32 Å². The fourth-order valence-electron chi connectivity index (χ4n) is 1.76. The molecule has 0 heterocycles. The van der Waals surface area contributed by atoms with Crippen molar-refractivity contribution < 1.29 is 14.3 Å². The van der Waals surface area contributed by atoms with Crippen molar-refractivity contribution in [2.75, 3.05) is 23.4 Å². The molecule has 0 atom stereocenters. The number of aryl methyl sites for hydroxylation is 2. The maximum Gasteiger partial charge on any atom is 0.407 e. The molecule has 0 spiro atoms. The predicted octanol–water partition coefficient (Wildman–Crippen LogP) is 3.50. The molecule has 1 rings (SSSR count). The van der Waals surface area contributed by atoms with Gasteiger partial charge in [0, 0.05) is 18.0 Å². The predicted molar refractivity (Wildman–Crippen MR) is 96.1 cm³/mol. The summed E-state index contributed by atoms with van der Waals surface area (Å²) in [6.45, 7) is 9.88. The first-order chi connectivity index (χ1) is 10.7. The molecule has 6 heteroatoms. The largest absolute Gasteiger partial charge is 0.444 e. The van der Waals surface area contributed by atoms with Gasteiger partial charge in [0.1, 0.15) is 5.60 Å². The second-order valence-corrected chi connectivity index (χ2v) is 7.45. The molecule has 0 aromatic heterocycles. The molecule has 23 heavy (non-hydrogen) atoms. The van der Waals surface area contributed by atoms with Crippen LogP contribution in [0.2, 0.25) is 0 Å². The van der Waals surface area contributed by atoms with E-state index in [1.54, 1.807) is 0 Å². The van der Waals surface area contributed by atoms with Gasteiger partial charge in [-0.25, -0.2) is 4.79 Å². The maximum absolute atomic E-state index is 11.9. The maximum atomic E-state index is 11.9. The zero-order chi connectivity index (χ0) is 17.5. The second kappa shape index (κ2) is 8.82. The number of ether oxygens (including phenoxy) is 1. The van der Waals surface area contributed by atoms with Crippen molar-refractivity contribution >= 4 is 29.4 Å². The summed E-state index contributed by atoms with van der Waals surface area (Å²) in [5.74, 6) is 0.962. The van der Waals surface area contributed by atoms with E-state index in [1.807, 2.05) is 52.8 Å². The van der Waals surface area contributed by atoms with E-state index in [0.717, 1.165) is 16.8 Å². The fourth-order valence-corrected chi connectivity index (χ4v) is 2.41. The number of hydrogen-bond acceptors (Lipinski definition) is 4. The van der Waals surface area contributed by atoms with Gasteiger partial charge in [0.2, 0.25) is 5.91 Å². The summed E-state index contributed by atoms with van der Waals surface area (Å²) in [5.41, 5.74) is 2.51. The first kappa shape index (κ1) is 19.4. The molecule has 0 aliphatic carbocycles. The average molecular weight is 338 g/mol. The van der Waals surface area contributed by atoms with Crippen LogP contribution in [0.5, 0.6) is 0 Å². The van der Waals surface area contributed by atoms with Gasteiger partial charge in [-0.1, -0.05) is 12.1 Å². The van der Waals surface area contributed by atoms with Crippen molar-refractivity contribution in [3.63, 3.8) is 0 Å². The Balaban J connectivity index is 2.22. The van der Waals surface area contributed by atoms with Crippen LogP contribution in [-0.4, -0.2) is 35.7 Å². The van der Waals surface area contributed by atoms with Crippen molar-refractivity contribution in [2.45, 2.75) is 40.2 Å². The van der Waals surface area contributed by atoms with E-state index >= 15 is 0 Å². The monoisotopic (exact) mass is 338 g/mol. The van der Waals surface area contributed by atoms with Crippen molar-refractivity contribution in [1.29, 1.82) is 0 Å². The van der Waals surface area contributed by atoms with E-state index in [2.05, 4.69) is 10.6 Å². The number of carbonyl (C=O) groups excluding carboxylic acids is 2. The van der Waals surface area contributed by atoms with Gasteiger partial charge >= 0.3 is 6.09 Å². The molecular weight excluding hydrogens is 312 g/mol. The molecule has 2 amide bonds. The highest BCUT2D eigenvalue weighted by Gasteiger charge is 2.15. The van der Waals surface area contributed by atoms with Crippen LogP contribution in [0.25, 0.3) is 0 Å². The number of alkyl carbamates (subject to hydrolysis) is 1. The van der Waals surface area contributed by atoms with Crippen LogP contribution in [0.1, 0.15) is 31.9 Å². The third-order valence-corrected chi connectivity index (χ3v) is 3.77. The van der Waals surface area contributed by atoms with E-state index in [0.29, 0.717) is 18.1 Å². The number of amides is 2. The summed E-state index contributed by atoms with van der Waals surface area (Å²) in [6, 6.07) is 5.97. The molecule has 0 fully saturated rings. The van der Waals surface area contributed by atoms with Gasteiger partial charge in [0.05, 0.1) is 5.75 Å². The first-order valence-electron chi connectivity index (χ1n) is 7.59. The third-order valence-electron chi connectivity index (χ3n) is 2.81. The van der Waals surface area contributed by atoms with Crippen LogP contribution in [0.4, 0.5) is 10.5 Å². The Morgan fingerprint density at radius 3 is 2.57 bits per heavy atom. The average Bonchev–Trinajstić information content (AvgIpc) is 2.40. The molecule has 0 aliphatic rings. The lowest BCUT2D eigenvalue weighted by atomic mass is 10.1. The second-order valence-electron chi connectivity index (χ2n) is 6.35. The normalized spacial score (nSPS) is 11.0. The molecule has 0 aliphatic heterocycles. The van der Waals surface area contributed by atoms with Crippen LogP contribution in [-0.2, 0) is 9.53 Å². The Hall–Kier alpha value is -1.69. The highest BCUT2D eigenvalue weighted by molar-refractivity contribution is 7.99. The van der Waals surface area contributed by atoms with E-state index in [-0.39, 0.29) is 5.91 Å². The van der Waals surface area contributed by atoms with Gasteiger partial charge in [-0.15, -0.1) is 0 Å². The molecule has 1 aromatic rings. The van der Waals surface area contributed by atoms with Crippen molar-refractivity contribution in [2.24, 2.45) is 0 Å². The number of thioether (sulfide) groups is 1. The zero-order valence-electron chi connectivity index (χ0n) is 14.5. The number of benzene rings is 1. The molecule has 2 N–H and O–H groups in total. The highest BCUT2D eigenvalue weighted by Crippen LogP contribution is 2.16.